The maximum atomic E-state index is 5.90. The van der Waals surface area contributed by atoms with E-state index >= 15 is 0 Å². The van der Waals surface area contributed by atoms with Gasteiger partial charge in [-0.15, -0.1) is 0 Å². The van der Waals surface area contributed by atoms with Crippen LogP contribution >= 0.6 is 34.8 Å². The minimum absolute atomic E-state index is 0.205. The third-order valence-corrected chi connectivity index (χ3v) is 2.68. The summed E-state index contributed by atoms with van der Waals surface area (Å²) in [5.41, 5.74) is 6.36. The SMILES string of the molecule is C[C@@H](N)c1c(Cl)ccc(Cl)c1Cl. The van der Waals surface area contributed by atoms with Gasteiger partial charge >= 0.3 is 0 Å². The van der Waals surface area contributed by atoms with E-state index in [1.54, 1.807) is 12.1 Å². The van der Waals surface area contributed by atoms with Gasteiger partial charge in [-0.05, 0) is 19.1 Å². The Hall–Kier alpha value is 0.0500. The van der Waals surface area contributed by atoms with Gasteiger partial charge in [0.2, 0.25) is 0 Å². The van der Waals surface area contributed by atoms with E-state index in [4.69, 9.17) is 40.5 Å². The van der Waals surface area contributed by atoms with Gasteiger partial charge in [0.15, 0.2) is 0 Å². The van der Waals surface area contributed by atoms with E-state index in [9.17, 15) is 0 Å². The zero-order chi connectivity index (χ0) is 9.30. The molecule has 0 amide bonds. The zero-order valence-corrected chi connectivity index (χ0v) is 8.71. The molecule has 0 fully saturated rings. The predicted molar refractivity (Wildman–Crippen MR) is 54.1 cm³/mol. The van der Waals surface area contributed by atoms with Crippen molar-refractivity contribution in [2.45, 2.75) is 13.0 Å². The maximum Gasteiger partial charge on any atom is 0.0654 e. The van der Waals surface area contributed by atoms with Crippen molar-refractivity contribution in [1.29, 1.82) is 0 Å². The molecule has 1 atom stereocenters. The highest BCUT2D eigenvalue weighted by atomic mass is 35.5. The van der Waals surface area contributed by atoms with Crippen molar-refractivity contribution in [1.82, 2.24) is 0 Å². The molecule has 0 aromatic heterocycles. The number of hydrogen-bond acceptors (Lipinski definition) is 1. The van der Waals surface area contributed by atoms with E-state index < -0.39 is 0 Å². The summed E-state index contributed by atoms with van der Waals surface area (Å²) in [6.07, 6.45) is 0. The second-order valence-electron chi connectivity index (χ2n) is 2.55. The molecule has 0 saturated carbocycles. The van der Waals surface area contributed by atoms with Crippen LogP contribution in [0.15, 0.2) is 12.1 Å². The van der Waals surface area contributed by atoms with Gasteiger partial charge in [-0.2, -0.15) is 0 Å². The first-order chi connectivity index (χ1) is 5.54. The van der Waals surface area contributed by atoms with E-state index in [0.717, 1.165) is 0 Å². The van der Waals surface area contributed by atoms with Crippen molar-refractivity contribution in [3.63, 3.8) is 0 Å². The third kappa shape index (κ3) is 1.86. The molecule has 1 nitrogen and oxygen atoms in total. The first-order valence-corrected chi connectivity index (χ1v) is 4.56. The van der Waals surface area contributed by atoms with E-state index in [2.05, 4.69) is 0 Å². The lowest BCUT2D eigenvalue weighted by atomic mass is 10.1. The van der Waals surface area contributed by atoms with Crippen LogP contribution in [0.4, 0.5) is 0 Å². The van der Waals surface area contributed by atoms with Crippen LogP contribution in [0.1, 0.15) is 18.5 Å². The number of hydrogen-bond donors (Lipinski definition) is 1. The van der Waals surface area contributed by atoms with Crippen LogP contribution in [0, 0.1) is 0 Å². The summed E-state index contributed by atoms with van der Waals surface area (Å²) in [6.45, 7) is 1.81. The number of rotatable bonds is 1. The fraction of sp³-hybridized carbons (Fsp3) is 0.250. The molecular weight excluding hydrogens is 216 g/mol. The minimum Gasteiger partial charge on any atom is -0.324 e. The first-order valence-electron chi connectivity index (χ1n) is 3.43. The van der Waals surface area contributed by atoms with Gasteiger partial charge < -0.3 is 5.73 Å². The van der Waals surface area contributed by atoms with E-state index in [1.165, 1.54) is 0 Å². The van der Waals surface area contributed by atoms with E-state index in [0.29, 0.717) is 20.6 Å². The smallest absolute Gasteiger partial charge is 0.0654 e. The van der Waals surface area contributed by atoms with Crippen molar-refractivity contribution in [2.24, 2.45) is 5.73 Å². The predicted octanol–water partition coefficient (Wildman–Crippen LogP) is 3.67. The zero-order valence-electron chi connectivity index (χ0n) is 6.44. The van der Waals surface area contributed by atoms with Crippen LogP contribution in [0.5, 0.6) is 0 Å². The number of halogens is 3. The molecule has 0 spiro atoms. The molecule has 1 aromatic rings. The quantitative estimate of drug-likeness (QED) is 0.724. The van der Waals surface area contributed by atoms with Gasteiger partial charge in [0.25, 0.3) is 0 Å². The van der Waals surface area contributed by atoms with Crippen molar-refractivity contribution >= 4 is 34.8 Å². The van der Waals surface area contributed by atoms with Gasteiger partial charge in [0, 0.05) is 16.6 Å². The molecule has 0 heterocycles. The lowest BCUT2D eigenvalue weighted by molar-refractivity contribution is 0.819. The fourth-order valence-electron chi connectivity index (χ4n) is 0.960. The van der Waals surface area contributed by atoms with Crippen molar-refractivity contribution in [3.05, 3.63) is 32.8 Å². The molecule has 0 aliphatic carbocycles. The molecule has 0 aliphatic heterocycles. The maximum absolute atomic E-state index is 5.90. The van der Waals surface area contributed by atoms with Crippen LogP contribution in [-0.4, -0.2) is 0 Å². The topological polar surface area (TPSA) is 26.0 Å². The fourth-order valence-corrected chi connectivity index (χ4v) is 1.84. The average Bonchev–Trinajstić information content (AvgIpc) is 1.97. The summed E-state index contributed by atoms with van der Waals surface area (Å²) in [7, 11) is 0. The highest BCUT2D eigenvalue weighted by molar-refractivity contribution is 6.44. The second-order valence-corrected chi connectivity index (χ2v) is 3.74. The van der Waals surface area contributed by atoms with Crippen molar-refractivity contribution in [3.8, 4) is 0 Å². The highest BCUT2D eigenvalue weighted by Crippen LogP contribution is 2.34. The lowest BCUT2D eigenvalue weighted by Gasteiger charge is -2.11. The summed E-state index contributed by atoms with van der Waals surface area (Å²) < 4.78 is 0. The molecule has 0 radical (unpaired) electrons. The Morgan fingerprint density at radius 1 is 1.17 bits per heavy atom. The average molecular weight is 225 g/mol. The van der Waals surface area contributed by atoms with E-state index in [-0.39, 0.29) is 6.04 Å². The Morgan fingerprint density at radius 3 is 2.08 bits per heavy atom. The molecule has 4 heteroatoms. The Morgan fingerprint density at radius 2 is 1.67 bits per heavy atom. The van der Waals surface area contributed by atoms with Gasteiger partial charge in [-0.25, -0.2) is 0 Å². The molecule has 2 N–H and O–H groups in total. The summed E-state index contributed by atoms with van der Waals surface area (Å²) >= 11 is 17.6. The monoisotopic (exact) mass is 223 g/mol. The Labute approximate surface area is 86.4 Å². The lowest BCUT2D eigenvalue weighted by Crippen LogP contribution is -2.06. The van der Waals surface area contributed by atoms with Crippen molar-refractivity contribution in [2.75, 3.05) is 0 Å². The first kappa shape index (κ1) is 10.1. The molecule has 0 unspecified atom stereocenters. The number of nitrogens with two attached hydrogens (primary N) is 1. The standard InChI is InChI=1S/C8H8Cl3N/c1-4(12)7-5(9)2-3-6(10)8(7)11/h2-4H,12H2,1H3/t4-/m1/s1. The molecule has 1 rings (SSSR count). The summed E-state index contributed by atoms with van der Waals surface area (Å²) in [5.74, 6) is 0. The van der Waals surface area contributed by atoms with Gasteiger partial charge in [-0.1, -0.05) is 34.8 Å². The van der Waals surface area contributed by atoms with Gasteiger partial charge in [-0.3, -0.25) is 0 Å². The third-order valence-electron chi connectivity index (χ3n) is 1.53. The van der Waals surface area contributed by atoms with E-state index in [1.807, 2.05) is 6.92 Å². The Balaban J connectivity index is 3.33. The van der Waals surface area contributed by atoms with Gasteiger partial charge in [0.05, 0.1) is 10.0 Å². The highest BCUT2D eigenvalue weighted by Gasteiger charge is 2.12. The molecule has 0 saturated heterocycles. The van der Waals surface area contributed by atoms with Crippen LogP contribution in [-0.2, 0) is 0 Å². The normalized spacial score (nSPS) is 13.1. The molecule has 66 valence electrons. The summed E-state index contributed by atoms with van der Waals surface area (Å²) in [4.78, 5) is 0. The van der Waals surface area contributed by atoms with Crippen molar-refractivity contribution < 1.29 is 0 Å². The Kier molecular flexibility index (Phi) is 3.24. The largest absolute Gasteiger partial charge is 0.324 e. The molecule has 0 aliphatic rings. The minimum atomic E-state index is -0.205. The van der Waals surface area contributed by atoms with Crippen LogP contribution in [0.2, 0.25) is 15.1 Å². The molecule has 1 aromatic carbocycles. The Bertz CT molecular complexity index is 297. The number of benzene rings is 1. The second kappa shape index (κ2) is 3.84. The molecule has 0 bridgehead atoms. The summed E-state index contributed by atoms with van der Waals surface area (Å²) in [6, 6.07) is 3.13. The van der Waals surface area contributed by atoms with Crippen LogP contribution < -0.4 is 5.73 Å². The van der Waals surface area contributed by atoms with Crippen LogP contribution in [0.25, 0.3) is 0 Å². The molecular formula is C8H8Cl3N. The molecule has 12 heavy (non-hydrogen) atoms. The van der Waals surface area contributed by atoms with Gasteiger partial charge in [0.1, 0.15) is 0 Å². The van der Waals surface area contributed by atoms with Crippen LogP contribution in [0.3, 0.4) is 0 Å². The summed E-state index contributed by atoms with van der Waals surface area (Å²) in [5, 5.41) is 1.48.